The molecule has 0 unspecified atom stereocenters. The van der Waals surface area contributed by atoms with Gasteiger partial charge >= 0.3 is 0 Å². The molecule has 2 nitrogen and oxygen atoms in total. The summed E-state index contributed by atoms with van der Waals surface area (Å²) in [5, 5.41) is 2.24. The lowest BCUT2D eigenvalue weighted by Crippen LogP contribution is -1.87. The minimum atomic E-state index is 0.884. The van der Waals surface area contributed by atoms with Gasteiger partial charge in [0.15, 0.2) is 0 Å². The van der Waals surface area contributed by atoms with Crippen LogP contribution in [0.15, 0.2) is 71.3 Å². The highest BCUT2D eigenvalue weighted by Crippen LogP contribution is 2.34. The Morgan fingerprint density at radius 2 is 1.32 bits per heavy atom. The first-order chi connectivity index (χ1) is 9.43. The Labute approximate surface area is 110 Å². The second-order valence-corrected chi connectivity index (χ2v) is 4.50. The molecule has 0 aliphatic carbocycles. The maximum absolute atomic E-state index is 5.61. The summed E-state index contributed by atoms with van der Waals surface area (Å²) in [4.78, 5) is 4.71. The lowest BCUT2D eigenvalue weighted by molar-refractivity contribution is 0.583. The van der Waals surface area contributed by atoms with Crippen molar-refractivity contribution in [1.82, 2.24) is 4.98 Å². The van der Waals surface area contributed by atoms with Crippen LogP contribution in [0.2, 0.25) is 0 Å². The third-order valence-corrected chi connectivity index (χ3v) is 3.36. The molecule has 0 amide bonds. The minimum absolute atomic E-state index is 0.884. The number of benzene rings is 2. The van der Waals surface area contributed by atoms with E-state index in [-0.39, 0.29) is 0 Å². The van der Waals surface area contributed by atoms with Gasteiger partial charge in [-0.25, -0.2) is 4.98 Å². The van der Waals surface area contributed by atoms with Gasteiger partial charge in [0.05, 0.1) is 17.3 Å². The number of hydrogen-bond acceptors (Lipinski definition) is 2. The number of hydrogen-bond donors (Lipinski definition) is 0. The molecule has 0 saturated carbocycles. The van der Waals surface area contributed by atoms with Crippen LogP contribution in [0.4, 0.5) is 0 Å². The number of rotatable bonds is 1. The lowest BCUT2D eigenvalue weighted by Gasteiger charge is -2.08. The predicted octanol–water partition coefficient (Wildman–Crippen LogP) is 4.65. The lowest BCUT2D eigenvalue weighted by atomic mass is 10.0. The Balaban J connectivity index is 2.27. The van der Waals surface area contributed by atoms with Crippen LogP contribution in [0.25, 0.3) is 33.1 Å². The molecule has 2 aromatic heterocycles. The highest BCUT2D eigenvalue weighted by molar-refractivity contribution is 6.08. The molecular formula is C17H11NO. The van der Waals surface area contributed by atoms with E-state index in [1.54, 1.807) is 6.26 Å². The van der Waals surface area contributed by atoms with Crippen molar-refractivity contribution >= 4 is 21.8 Å². The fourth-order valence-electron chi connectivity index (χ4n) is 2.53. The Morgan fingerprint density at radius 1 is 0.684 bits per heavy atom. The summed E-state index contributed by atoms with van der Waals surface area (Å²) in [5.41, 5.74) is 3.10. The Hall–Kier alpha value is -2.61. The number of furan rings is 1. The Kier molecular flexibility index (Phi) is 2.15. The van der Waals surface area contributed by atoms with Crippen LogP contribution in [0.1, 0.15) is 0 Å². The molecule has 0 N–H and O–H groups in total. The molecule has 2 heteroatoms. The van der Waals surface area contributed by atoms with Crippen molar-refractivity contribution in [2.75, 3.05) is 0 Å². The second-order valence-electron chi connectivity index (χ2n) is 4.50. The number of fused-ring (bicyclic) bond motifs is 2. The van der Waals surface area contributed by atoms with Gasteiger partial charge in [-0.3, -0.25) is 0 Å². The summed E-state index contributed by atoms with van der Waals surface area (Å²) in [6.45, 7) is 0. The van der Waals surface area contributed by atoms with E-state index in [0.29, 0.717) is 0 Å². The first-order valence-corrected chi connectivity index (χ1v) is 6.25. The van der Waals surface area contributed by atoms with E-state index < -0.39 is 0 Å². The average Bonchev–Trinajstić information content (AvgIpc) is 2.98. The largest absolute Gasteiger partial charge is 0.464 e. The van der Waals surface area contributed by atoms with Gasteiger partial charge in [-0.05, 0) is 24.3 Å². The fourth-order valence-corrected chi connectivity index (χ4v) is 2.53. The van der Waals surface area contributed by atoms with Gasteiger partial charge in [0.2, 0.25) is 0 Å². The van der Waals surface area contributed by atoms with E-state index in [4.69, 9.17) is 9.40 Å². The molecule has 0 aliphatic rings. The smallest absolute Gasteiger partial charge is 0.135 e. The average molecular weight is 245 g/mol. The highest BCUT2D eigenvalue weighted by atomic mass is 16.3. The van der Waals surface area contributed by atoms with Crippen LogP contribution < -0.4 is 0 Å². The molecule has 0 saturated heterocycles. The first-order valence-electron chi connectivity index (χ1n) is 6.25. The third-order valence-electron chi connectivity index (χ3n) is 3.36. The first kappa shape index (κ1) is 10.3. The summed E-state index contributed by atoms with van der Waals surface area (Å²) in [6.07, 6.45) is 1.71. The Bertz CT molecular complexity index is 809. The zero-order chi connectivity index (χ0) is 12.7. The van der Waals surface area contributed by atoms with Crippen molar-refractivity contribution in [2.45, 2.75) is 0 Å². The van der Waals surface area contributed by atoms with Crippen molar-refractivity contribution in [3.05, 3.63) is 66.9 Å². The topological polar surface area (TPSA) is 26.0 Å². The monoisotopic (exact) mass is 245 g/mol. The summed E-state index contributed by atoms with van der Waals surface area (Å²) in [7, 11) is 0. The zero-order valence-electron chi connectivity index (χ0n) is 10.2. The summed E-state index contributed by atoms with van der Waals surface area (Å²) < 4.78 is 5.61. The molecule has 4 rings (SSSR count). The van der Waals surface area contributed by atoms with Gasteiger partial charge in [-0.2, -0.15) is 0 Å². The summed E-state index contributed by atoms with van der Waals surface area (Å²) in [5.74, 6) is 0.884. The van der Waals surface area contributed by atoms with E-state index in [1.807, 2.05) is 48.5 Å². The molecule has 4 aromatic rings. The Morgan fingerprint density at radius 3 is 1.89 bits per heavy atom. The van der Waals surface area contributed by atoms with E-state index in [9.17, 15) is 0 Å². The van der Waals surface area contributed by atoms with Crippen molar-refractivity contribution < 1.29 is 4.42 Å². The quantitative estimate of drug-likeness (QED) is 0.456. The zero-order valence-corrected chi connectivity index (χ0v) is 10.2. The molecule has 0 atom stereocenters. The highest BCUT2D eigenvalue weighted by Gasteiger charge is 2.12. The van der Waals surface area contributed by atoms with Crippen LogP contribution in [-0.4, -0.2) is 4.98 Å². The number of para-hydroxylation sites is 2. The molecule has 0 fully saturated rings. The molecule has 2 aromatic carbocycles. The predicted molar refractivity (Wildman–Crippen MR) is 77.0 cm³/mol. The van der Waals surface area contributed by atoms with Crippen LogP contribution in [0.3, 0.4) is 0 Å². The molecule has 0 bridgehead atoms. The number of aromatic nitrogens is 1. The number of pyridine rings is 1. The van der Waals surface area contributed by atoms with Crippen molar-refractivity contribution in [3.63, 3.8) is 0 Å². The van der Waals surface area contributed by atoms with Crippen molar-refractivity contribution in [2.24, 2.45) is 0 Å². The molecule has 90 valence electrons. The van der Waals surface area contributed by atoms with Gasteiger partial charge < -0.3 is 4.42 Å². The van der Waals surface area contributed by atoms with Gasteiger partial charge in [0.1, 0.15) is 5.76 Å². The molecule has 2 heterocycles. The normalized spacial score (nSPS) is 11.2. The van der Waals surface area contributed by atoms with Gasteiger partial charge in [-0.15, -0.1) is 0 Å². The fraction of sp³-hybridized carbons (Fsp3) is 0. The molecule has 0 radical (unpaired) electrons. The summed E-state index contributed by atoms with van der Waals surface area (Å²) >= 11 is 0. The van der Waals surface area contributed by atoms with Crippen LogP contribution in [0.5, 0.6) is 0 Å². The van der Waals surface area contributed by atoms with Gasteiger partial charge in [-0.1, -0.05) is 36.4 Å². The molecular weight excluding hydrogens is 234 g/mol. The maximum Gasteiger partial charge on any atom is 0.135 e. The van der Waals surface area contributed by atoms with E-state index in [0.717, 1.165) is 33.1 Å². The molecule has 0 aliphatic heterocycles. The second kappa shape index (κ2) is 3.95. The van der Waals surface area contributed by atoms with E-state index in [1.165, 1.54) is 0 Å². The third kappa shape index (κ3) is 1.54. The van der Waals surface area contributed by atoms with Crippen LogP contribution in [-0.2, 0) is 0 Å². The molecule has 19 heavy (non-hydrogen) atoms. The maximum atomic E-state index is 5.61. The van der Waals surface area contributed by atoms with Gasteiger partial charge in [0.25, 0.3) is 0 Å². The number of nitrogens with zero attached hydrogens (tertiary/aromatic N) is 1. The van der Waals surface area contributed by atoms with Gasteiger partial charge in [0, 0.05) is 16.3 Å². The standard InChI is InChI=1S/C17H11NO/c1-3-8-14-12(6-1)17(16-10-5-11-19-16)13-7-2-4-9-15(13)18-14/h1-11H. The van der Waals surface area contributed by atoms with Crippen molar-refractivity contribution in [3.8, 4) is 11.3 Å². The van der Waals surface area contributed by atoms with Crippen LogP contribution in [0, 0.1) is 0 Å². The van der Waals surface area contributed by atoms with E-state index in [2.05, 4.69) is 12.1 Å². The van der Waals surface area contributed by atoms with Crippen LogP contribution >= 0.6 is 0 Å². The van der Waals surface area contributed by atoms with E-state index >= 15 is 0 Å². The van der Waals surface area contributed by atoms with Crippen molar-refractivity contribution in [1.29, 1.82) is 0 Å². The SMILES string of the molecule is c1coc(-c2c3ccccc3nc3ccccc23)c1. The summed E-state index contributed by atoms with van der Waals surface area (Å²) in [6, 6.07) is 20.2. The minimum Gasteiger partial charge on any atom is -0.464 e. The molecule has 0 spiro atoms.